The molecule has 4 nitrogen and oxygen atoms in total. The molecule has 0 spiro atoms. The van der Waals surface area contributed by atoms with Crippen molar-refractivity contribution in [1.29, 1.82) is 0 Å². The maximum atomic E-state index is 13.0. The zero-order valence-electron chi connectivity index (χ0n) is 10.9. The Morgan fingerprint density at radius 2 is 2.32 bits per heavy atom. The highest BCUT2D eigenvalue weighted by Gasteiger charge is 2.38. The van der Waals surface area contributed by atoms with E-state index in [-0.39, 0.29) is 12.4 Å². The molecule has 1 saturated carbocycles. The summed E-state index contributed by atoms with van der Waals surface area (Å²) in [5.41, 5.74) is -0.992. The summed E-state index contributed by atoms with van der Waals surface area (Å²) in [5.74, 6) is -0.837. The van der Waals surface area contributed by atoms with Crippen LogP contribution in [0.25, 0.3) is 0 Å². The minimum absolute atomic E-state index is 0.228. The van der Waals surface area contributed by atoms with Gasteiger partial charge in [0.1, 0.15) is 17.1 Å². The van der Waals surface area contributed by atoms with Crippen molar-refractivity contribution in [3.63, 3.8) is 0 Å². The largest absolute Gasteiger partial charge is 0.493 e. The Kier molecular flexibility index (Phi) is 4.04. The number of nitrogens with one attached hydrogen (secondary N) is 1. The number of hydrogen-bond donors (Lipinski definition) is 2. The average molecular weight is 267 g/mol. The molecule has 0 aliphatic heterocycles. The number of carboxylic acid groups (broad SMARTS) is 1. The summed E-state index contributed by atoms with van der Waals surface area (Å²) in [5, 5.41) is 12.4. The molecule has 0 amide bonds. The Hall–Kier alpha value is -1.62. The van der Waals surface area contributed by atoms with Crippen LogP contribution in [0.3, 0.4) is 0 Å². The van der Waals surface area contributed by atoms with Gasteiger partial charge in [-0.25, -0.2) is 4.39 Å². The Labute approximate surface area is 111 Å². The molecule has 5 heteroatoms. The normalized spacial score (nSPS) is 17.8. The molecule has 2 rings (SSSR count). The van der Waals surface area contributed by atoms with Gasteiger partial charge >= 0.3 is 5.97 Å². The van der Waals surface area contributed by atoms with E-state index in [1.165, 1.54) is 12.1 Å². The number of aliphatic carboxylic acids is 1. The monoisotopic (exact) mass is 267 g/mol. The third-order valence-corrected chi connectivity index (χ3v) is 3.24. The van der Waals surface area contributed by atoms with E-state index in [9.17, 15) is 14.3 Å². The summed E-state index contributed by atoms with van der Waals surface area (Å²) < 4.78 is 18.3. The minimum atomic E-state index is -0.992. The highest BCUT2D eigenvalue weighted by molar-refractivity contribution is 5.78. The number of rotatable bonds is 7. The van der Waals surface area contributed by atoms with Crippen LogP contribution in [0.2, 0.25) is 0 Å². The van der Waals surface area contributed by atoms with Gasteiger partial charge in [-0.2, -0.15) is 0 Å². The first-order valence-corrected chi connectivity index (χ1v) is 6.39. The van der Waals surface area contributed by atoms with E-state index in [0.29, 0.717) is 18.2 Å². The zero-order chi connectivity index (χ0) is 13.9. The van der Waals surface area contributed by atoms with Crippen molar-refractivity contribution in [2.75, 3.05) is 6.61 Å². The van der Waals surface area contributed by atoms with Gasteiger partial charge in [-0.3, -0.25) is 10.1 Å². The predicted molar refractivity (Wildman–Crippen MR) is 68.7 cm³/mol. The lowest BCUT2D eigenvalue weighted by Gasteiger charge is -2.26. The molecular weight excluding hydrogens is 249 g/mol. The molecule has 0 bridgehead atoms. The molecule has 1 unspecified atom stereocenters. The SMILES string of the molecule is CC(CCOc1cccc(F)c1)(NC1CC1)C(=O)O. The van der Waals surface area contributed by atoms with Gasteiger partial charge < -0.3 is 9.84 Å². The van der Waals surface area contributed by atoms with Crippen molar-refractivity contribution in [3.05, 3.63) is 30.1 Å². The molecule has 0 heterocycles. The fourth-order valence-electron chi connectivity index (χ4n) is 1.85. The number of hydrogen-bond acceptors (Lipinski definition) is 3. The van der Waals surface area contributed by atoms with Gasteiger partial charge in [-0.1, -0.05) is 6.07 Å². The number of halogens is 1. The van der Waals surface area contributed by atoms with Gasteiger partial charge in [-0.15, -0.1) is 0 Å². The number of carboxylic acids is 1. The summed E-state index contributed by atoms with van der Waals surface area (Å²) in [6, 6.07) is 6.13. The van der Waals surface area contributed by atoms with E-state index < -0.39 is 11.5 Å². The van der Waals surface area contributed by atoms with Crippen LogP contribution >= 0.6 is 0 Å². The number of ether oxygens (including phenoxy) is 1. The molecular formula is C14H18FNO3. The molecule has 2 N–H and O–H groups in total. The van der Waals surface area contributed by atoms with Crippen molar-refractivity contribution in [3.8, 4) is 5.75 Å². The predicted octanol–water partition coefficient (Wildman–Crippen LogP) is 2.19. The third-order valence-electron chi connectivity index (χ3n) is 3.24. The summed E-state index contributed by atoms with van der Waals surface area (Å²) in [4.78, 5) is 11.3. The maximum Gasteiger partial charge on any atom is 0.323 e. The first kappa shape index (κ1) is 13.8. The Morgan fingerprint density at radius 3 is 2.89 bits per heavy atom. The van der Waals surface area contributed by atoms with Gasteiger partial charge in [0.15, 0.2) is 0 Å². The highest BCUT2D eigenvalue weighted by Crippen LogP contribution is 2.24. The summed E-state index contributed by atoms with van der Waals surface area (Å²) in [7, 11) is 0. The molecule has 0 aromatic heterocycles. The molecule has 1 aliphatic carbocycles. The van der Waals surface area contributed by atoms with E-state index in [4.69, 9.17) is 4.74 Å². The van der Waals surface area contributed by atoms with Crippen molar-refractivity contribution in [2.45, 2.75) is 37.8 Å². The molecule has 1 aliphatic rings. The fourth-order valence-corrected chi connectivity index (χ4v) is 1.85. The van der Waals surface area contributed by atoms with Gasteiger partial charge in [0.25, 0.3) is 0 Å². The summed E-state index contributed by atoms with van der Waals surface area (Å²) >= 11 is 0. The second-order valence-electron chi connectivity index (χ2n) is 5.11. The van der Waals surface area contributed by atoms with Crippen LogP contribution in [-0.2, 0) is 4.79 Å². The van der Waals surface area contributed by atoms with E-state index in [1.807, 2.05) is 0 Å². The van der Waals surface area contributed by atoms with Crippen LogP contribution in [0.15, 0.2) is 24.3 Å². The topological polar surface area (TPSA) is 58.6 Å². The third kappa shape index (κ3) is 3.92. The van der Waals surface area contributed by atoms with Crippen molar-refractivity contribution >= 4 is 5.97 Å². The lowest BCUT2D eigenvalue weighted by molar-refractivity contribution is -0.144. The molecule has 1 fully saturated rings. The van der Waals surface area contributed by atoms with E-state index >= 15 is 0 Å². The molecule has 0 radical (unpaired) electrons. The molecule has 1 aromatic rings. The lowest BCUT2D eigenvalue weighted by Crippen LogP contribution is -2.51. The first-order chi connectivity index (χ1) is 8.99. The van der Waals surface area contributed by atoms with E-state index in [0.717, 1.165) is 12.8 Å². The van der Waals surface area contributed by atoms with Gasteiger partial charge in [0.2, 0.25) is 0 Å². The zero-order valence-corrected chi connectivity index (χ0v) is 10.9. The standard InChI is InChI=1S/C14H18FNO3/c1-14(13(17)18,16-11-5-6-11)7-8-19-12-4-2-3-10(15)9-12/h2-4,9,11,16H,5-8H2,1H3,(H,17,18). The number of carbonyl (C=O) groups is 1. The molecule has 1 atom stereocenters. The van der Waals surface area contributed by atoms with Crippen LogP contribution < -0.4 is 10.1 Å². The first-order valence-electron chi connectivity index (χ1n) is 6.39. The molecule has 19 heavy (non-hydrogen) atoms. The van der Waals surface area contributed by atoms with E-state index in [1.54, 1.807) is 19.1 Å². The smallest absolute Gasteiger partial charge is 0.323 e. The van der Waals surface area contributed by atoms with Crippen LogP contribution in [-0.4, -0.2) is 29.3 Å². The summed E-state index contributed by atoms with van der Waals surface area (Å²) in [6.45, 7) is 1.88. The van der Waals surface area contributed by atoms with Gasteiger partial charge in [0.05, 0.1) is 6.61 Å². The molecule has 1 aromatic carbocycles. The Morgan fingerprint density at radius 1 is 1.58 bits per heavy atom. The second-order valence-corrected chi connectivity index (χ2v) is 5.11. The minimum Gasteiger partial charge on any atom is -0.493 e. The van der Waals surface area contributed by atoms with Gasteiger partial charge in [0, 0.05) is 18.5 Å². The fraction of sp³-hybridized carbons (Fsp3) is 0.500. The van der Waals surface area contributed by atoms with Crippen LogP contribution in [0.4, 0.5) is 4.39 Å². The highest BCUT2D eigenvalue weighted by atomic mass is 19.1. The van der Waals surface area contributed by atoms with Gasteiger partial charge in [-0.05, 0) is 31.9 Å². The lowest BCUT2D eigenvalue weighted by atomic mass is 9.98. The van der Waals surface area contributed by atoms with Crippen molar-refractivity contribution in [1.82, 2.24) is 5.32 Å². The molecule has 104 valence electrons. The van der Waals surface area contributed by atoms with E-state index in [2.05, 4.69) is 5.32 Å². The maximum absolute atomic E-state index is 13.0. The van der Waals surface area contributed by atoms with Crippen LogP contribution in [0.1, 0.15) is 26.2 Å². The van der Waals surface area contributed by atoms with Crippen molar-refractivity contribution in [2.24, 2.45) is 0 Å². The summed E-state index contributed by atoms with van der Waals surface area (Å²) in [6.07, 6.45) is 2.37. The number of benzene rings is 1. The Bertz CT molecular complexity index is 462. The van der Waals surface area contributed by atoms with Crippen molar-refractivity contribution < 1.29 is 19.0 Å². The average Bonchev–Trinajstić information content (AvgIpc) is 3.12. The van der Waals surface area contributed by atoms with Crippen LogP contribution in [0.5, 0.6) is 5.75 Å². The Balaban J connectivity index is 1.86. The molecule has 0 saturated heterocycles. The van der Waals surface area contributed by atoms with Crippen LogP contribution in [0, 0.1) is 5.82 Å². The quantitative estimate of drug-likeness (QED) is 0.795. The second kappa shape index (κ2) is 5.57.